The van der Waals surface area contributed by atoms with Gasteiger partial charge in [-0.3, -0.25) is 14.7 Å². The van der Waals surface area contributed by atoms with Crippen molar-refractivity contribution < 1.29 is 18.0 Å². The van der Waals surface area contributed by atoms with Gasteiger partial charge in [0.25, 0.3) is 5.91 Å². The first-order chi connectivity index (χ1) is 12.8. The van der Waals surface area contributed by atoms with Crippen molar-refractivity contribution in [1.29, 1.82) is 0 Å². The highest BCUT2D eigenvalue weighted by Gasteiger charge is 2.31. The van der Waals surface area contributed by atoms with E-state index in [1.165, 1.54) is 6.33 Å². The van der Waals surface area contributed by atoms with Gasteiger partial charge in [0.05, 0.1) is 17.7 Å². The Kier molecular flexibility index (Phi) is 7.28. The van der Waals surface area contributed by atoms with Gasteiger partial charge in [-0.25, -0.2) is 9.67 Å². The zero-order chi connectivity index (χ0) is 19.9. The first-order valence-electron chi connectivity index (χ1n) is 8.74. The topological polar surface area (TPSA) is 75.9 Å². The maximum atomic E-state index is 12.7. The largest absolute Gasteiger partial charge is 0.417 e. The molecule has 0 spiro atoms. The fourth-order valence-corrected chi connectivity index (χ4v) is 2.51. The molecule has 2 heterocycles. The fraction of sp³-hybridized carbons (Fsp3) is 0.529. The zero-order valence-corrected chi connectivity index (χ0v) is 15.3. The standard InChI is InChI=1S/C17H23F3N6O/c1-3-6-26-15(23-12-24-26)11-25(4-2)7-5-22-16(27)13-8-14(10-21-9-13)17(18,19)20/h8-10,12H,3-7,11H2,1-2H3,(H,22,27). The van der Waals surface area contributed by atoms with Gasteiger partial charge in [-0.05, 0) is 19.0 Å². The highest BCUT2D eigenvalue weighted by molar-refractivity contribution is 5.94. The molecule has 7 nitrogen and oxygen atoms in total. The first kappa shape index (κ1) is 20.8. The minimum Gasteiger partial charge on any atom is -0.351 e. The molecular weight excluding hydrogens is 361 g/mol. The van der Waals surface area contributed by atoms with Crippen molar-refractivity contribution in [2.75, 3.05) is 19.6 Å². The van der Waals surface area contributed by atoms with Crippen LogP contribution in [0.25, 0.3) is 0 Å². The van der Waals surface area contributed by atoms with Crippen LogP contribution in [0.5, 0.6) is 0 Å². The molecule has 0 saturated heterocycles. The summed E-state index contributed by atoms with van der Waals surface area (Å²) in [5, 5.41) is 6.81. The molecule has 0 aromatic carbocycles. The third kappa shape index (κ3) is 6.02. The Hall–Kier alpha value is -2.49. The summed E-state index contributed by atoms with van der Waals surface area (Å²) in [6, 6.07) is 0.799. The van der Waals surface area contributed by atoms with Crippen molar-refractivity contribution in [3.63, 3.8) is 0 Å². The van der Waals surface area contributed by atoms with Crippen LogP contribution in [-0.2, 0) is 19.3 Å². The average molecular weight is 384 g/mol. The lowest BCUT2D eigenvalue weighted by Gasteiger charge is -2.20. The minimum absolute atomic E-state index is 0.115. The van der Waals surface area contributed by atoms with E-state index in [0.717, 1.165) is 37.6 Å². The van der Waals surface area contributed by atoms with Crippen LogP contribution in [0.1, 0.15) is 42.0 Å². The van der Waals surface area contributed by atoms with Crippen molar-refractivity contribution in [3.8, 4) is 0 Å². The number of nitrogens with zero attached hydrogens (tertiary/aromatic N) is 5. The number of likely N-dealkylation sites (N-methyl/N-ethyl adjacent to an activating group) is 1. The van der Waals surface area contributed by atoms with E-state index in [0.29, 0.717) is 25.8 Å². The van der Waals surface area contributed by atoms with Crippen molar-refractivity contribution in [2.45, 2.75) is 39.5 Å². The van der Waals surface area contributed by atoms with Crippen LogP contribution in [0, 0.1) is 0 Å². The number of halogens is 3. The molecule has 0 unspecified atom stereocenters. The molecule has 0 saturated carbocycles. The lowest BCUT2D eigenvalue weighted by molar-refractivity contribution is -0.137. The summed E-state index contributed by atoms with van der Waals surface area (Å²) in [4.78, 5) is 21.9. The second-order valence-electron chi connectivity index (χ2n) is 5.98. The number of pyridine rings is 1. The third-order valence-corrected chi connectivity index (χ3v) is 3.98. The number of alkyl halides is 3. The van der Waals surface area contributed by atoms with E-state index in [9.17, 15) is 18.0 Å². The van der Waals surface area contributed by atoms with Gasteiger partial charge in [0.15, 0.2) is 0 Å². The summed E-state index contributed by atoms with van der Waals surface area (Å²) in [5.41, 5.74) is -1.06. The van der Waals surface area contributed by atoms with E-state index >= 15 is 0 Å². The first-order valence-corrected chi connectivity index (χ1v) is 8.74. The number of nitrogens with one attached hydrogen (secondary N) is 1. The number of aryl methyl sites for hydroxylation is 1. The second-order valence-corrected chi connectivity index (χ2v) is 5.98. The van der Waals surface area contributed by atoms with Gasteiger partial charge >= 0.3 is 6.18 Å². The molecule has 2 aromatic heterocycles. The Balaban J connectivity index is 1.88. The van der Waals surface area contributed by atoms with Crippen molar-refractivity contribution in [1.82, 2.24) is 30.0 Å². The number of aromatic nitrogens is 4. The Bertz CT molecular complexity index is 746. The maximum absolute atomic E-state index is 12.7. The van der Waals surface area contributed by atoms with E-state index in [1.807, 2.05) is 11.6 Å². The highest BCUT2D eigenvalue weighted by atomic mass is 19.4. The molecule has 0 atom stereocenters. The summed E-state index contributed by atoms with van der Waals surface area (Å²) in [7, 11) is 0. The Morgan fingerprint density at radius 3 is 2.74 bits per heavy atom. The predicted molar refractivity (Wildman–Crippen MR) is 92.8 cm³/mol. The SMILES string of the molecule is CCCn1ncnc1CN(CC)CCNC(=O)c1cncc(C(F)(F)F)c1. The summed E-state index contributed by atoms with van der Waals surface area (Å²) >= 11 is 0. The summed E-state index contributed by atoms with van der Waals surface area (Å²) in [6.07, 6.45) is -0.251. The zero-order valence-electron chi connectivity index (χ0n) is 15.3. The van der Waals surface area contributed by atoms with Crippen LogP contribution < -0.4 is 5.32 Å². The average Bonchev–Trinajstić information content (AvgIpc) is 3.07. The number of hydrogen-bond donors (Lipinski definition) is 1. The lowest BCUT2D eigenvalue weighted by Crippen LogP contribution is -2.35. The van der Waals surface area contributed by atoms with Crippen LogP contribution >= 0.6 is 0 Å². The molecule has 0 radical (unpaired) electrons. The van der Waals surface area contributed by atoms with Crippen LogP contribution in [0.3, 0.4) is 0 Å². The molecule has 0 fully saturated rings. The molecular formula is C17H23F3N6O. The predicted octanol–water partition coefficient (Wildman–Crippen LogP) is 2.35. The molecule has 1 amide bonds. The molecule has 0 aliphatic heterocycles. The van der Waals surface area contributed by atoms with E-state index in [4.69, 9.17) is 0 Å². The molecule has 27 heavy (non-hydrogen) atoms. The minimum atomic E-state index is -4.53. The maximum Gasteiger partial charge on any atom is 0.417 e. The van der Waals surface area contributed by atoms with Gasteiger partial charge in [0.2, 0.25) is 0 Å². The monoisotopic (exact) mass is 384 g/mol. The van der Waals surface area contributed by atoms with Gasteiger partial charge in [-0.2, -0.15) is 18.3 Å². The van der Waals surface area contributed by atoms with Gasteiger partial charge in [-0.15, -0.1) is 0 Å². The quantitative estimate of drug-likeness (QED) is 0.718. The van der Waals surface area contributed by atoms with E-state index in [1.54, 1.807) is 0 Å². The molecule has 0 aliphatic rings. The van der Waals surface area contributed by atoms with E-state index < -0.39 is 17.6 Å². The van der Waals surface area contributed by atoms with Crippen LogP contribution in [-0.4, -0.2) is 50.2 Å². The van der Waals surface area contributed by atoms with Gasteiger partial charge in [0, 0.05) is 32.0 Å². The molecule has 0 aliphatic carbocycles. The van der Waals surface area contributed by atoms with Gasteiger partial charge in [0.1, 0.15) is 12.2 Å². The third-order valence-electron chi connectivity index (χ3n) is 3.98. The highest BCUT2D eigenvalue weighted by Crippen LogP contribution is 2.28. The van der Waals surface area contributed by atoms with Crippen molar-refractivity contribution in [2.24, 2.45) is 0 Å². The van der Waals surface area contributed by atoms with Crippen LogP contribution in [0.2, 0.25) is 0 Å². The van der Waals surface area contributed by atoms with E-state index in [2.05, 4.69) is 32.2 Å². The molecule has 148 valence electrons. The van der Waals surface area contributed by atoms with Crippen molar-refractivity contribution >= 4 is 5.91 Å². The fourth-order valence-electron chi connectivity index (χ4n) is 2.51. The van der Waals surface area contributed by atoms with Gasteiger partial charge in [-0.1, -0.05) is 13.8 Å². The number of rotatable bonds is 9. The summed E-state index contributed by atoms with van der Waals surface area (Å²) in [5.74, 6) is 0.255. The number of carbonyl (C=O) groups excluding carboxylic acids is 1. The molecule has 2 aromatic rings. The molecule has 0 bridgehead atoms. The molecule has 1 N–H and O–H groups in total. The van der Waals surface area contributed by atoms with Crippen molar-refractivity contribution in [3.05, 3.63) is 41.7 Å². The normalized spacial score (nSPS) is 11.8. The lowest BCUT2D eigenvalue weighted by atomic mass is 10.2. The second kappa shape index (κ2) is 9.45. The van der Waals surface area contributed by atoms with Crippen LogP contribution in [0.15, 0.2) is 24.8 Å². The van der Waals surface area contributed by atoms with Crippen LogP contribution in [0.4, 0.5) is 13.2 Å². The molecule has 10 heteroatoms. The number of hydrogen-bond acceptors (Lipinski definition) is 5. The Labute approximate surface area is 155 Å². The summed E-state index contributed by atoms with van der Waals surface area (Å²) in [6.45, 7) is 6.97. The smallest absolute Gasteiger partial charge is 0.351 e. The van der Waals surface area contributed by atoms with E-state index in [-0.39, 0.29) is 5.56 Å². The Morgan fingerprint density at radius 2 is 2.07 bits per heavy atom. The number of amides is 1. The summed E-state index contributed by atoms with van der Waals surface area (Å²) < 4.78 is 40.0. The Morgan fingerprint density at radius 1 is 1.30 bits per heavy atom. The van der Waals surface area contributed by atoms with Gasteiger partial charge < -0.3 is 5.32 Å². The molecule has 2 rings (SSSR count). The number of carbonyl (C=O) groups is 1.